The van der Waals surface area contributed by atoms with Gasteiger partial charge in [0.1, 0.15) is 19.8 Å². The number of likely N-dealkylation sites (N-methyl/N-ethyl adjacent to an activating group) is 1. The SMILES string of the molecule is CC/C=C\CC1OC1C/C=C\C/C=C\C/C=C\C/C=C\CCC(=O)O[C@H](COC(=O)CCCCCCCCC/C=C\CCCCCC)COP(=O)([O-])OCC[N+](C)(C)C. The maximum atomic E-state index is 12.7. The highest BCUT2D eigenvalue weighted by Gasteiger charge is 2.36. The molecule has 0 bridgehead atoms. The largest absolute Gasteiger partial charge is 0.756 e. The summed E-state index contributed by atoms with van der Waals surface area (Å²) in [4.78, 5) is 37.5. The van der Waals surface area contributed by atoms with Crippen LogP contribution in [0.25, 0.3) is 0 Å². The van der Waals surface area contributed by atoms with E-state index in [1.165, 1.54) is 51.4 Å². The van der Waals surface area contributed by atoms with Gasteiger partial charge < -0.3 is 32.6 Å². The van der Waals surface area contributed by atoms with Crippen LogP contribution >= 0.6 is 7.82 Å². The second-order valence-corrected chi connectivity index (χ2v) is 17.8. The number of nitrogens with zero attached hydrogens (tertiary/aromatic N) is 1. The highest BCUT2D eigenvalue weighted by Crippen LogP contribution is 2.38. The van der Waals surface area contributed by atoms with Crippen molar-refractivity contribution in [1.82, 2.24) is 0 Å². The van der Waals surface area contributed by atoms with Crippen LogP contribution in [0.3, 0.4) is 0 Å². The summed E-state index contributed by atoms with van der Waals surface area (Å²) >= 11 is 0. The van der Waals surface area contributed by atoms with Crippen molar-refractivity contribution in [1.29, 1.82) is 0 Å². The molecule has 338 valence electrons. The second-order valence-electron chi connectivity index (χ2n) is 16.4. The molecule has 0 aliphatic carbocycles. The molecule has 1 rings (SSSR count). The molecular formula is C48H82NO9P. The van der Waals surface area contributed by atoms with Crippen molar-refractivity contribution in [3.05, 3.63) is 72.9 Å². The first-order valence-electron chi connectivity index (χ1n) is 22.8. The van der Waals surface area contributed by atoms with Gasteiger partial charge in [-0.05, 0) is 77.0 Å². The molecule has 0 saturated carbocycles. The Labute approximate surface area is 359 Å². The van der Waals surface area contributed by atoms with Crippen molar-refractivity contribution < 1.29 is 46.8 Å². The van der Waals surface area contributed by atoms with E-state index in [9.17, 15) is 19.0 Å². The van der Waals surface area contributed by atoms with Crippen LogP contribution in [0.15, 0.2) is 72.9 Å². The quantitative estimate of drug-likeness (QED) is 0.0148. The van der Waals surface area contributed by atoms with Crippen molar-refractivity contribution in [3.63, 3.8) is 0 Å². The third kappa shape index (κ3) is 36.9. The Morgan fingerprint density at radius 3 is 1.75 bits per heavy atom. The molecule has 59 heavy (non-hydrogen) atoms. The van der Waals surface area contributed by atoms with Crippen LogP contribution in [0.2, 0.25) is 0 Å². The van der Waals surface area contributed by atoms with Gasteiger partial charge in [0.2, 0.25) is 0 Å². The predicted octanol–water partition coefficient (Wildman–Crippen LogP) is 11.4. The number of quaternary nitrogens is 1. The summed E-state index contributed by atoms with van der Waals surface area (Å²) < 4.78 is 39.5. The fraction of sp³-hybridized carbons (Fsp3) is 0.708. The third-order valence-corrected chi connectivity index (χ3v) is 10.6. The van der Waals surface area contributed by atoms with E-state index in [1.807, 2.05) is 33.3 Å². The van der Waals surface area contributed by atoms with E-state index in [4.69, 9.17) is 23.3 Å². The third-order valence-electron chi connectivity index (χ3n) is 9.63. The van der Waals surface area contributed by atoms with Gasteiger partial charge in [0.25, 0.3) is 7.82 Å². The van der Waals surface area contributed by atoms with E-state index in [0.29, 0.717) is 36.1 Å². The van der Waals surface area contributed by atoms with Crippen molar-refractivity contribution in [2.75, 3.05) is 47.5 Å². The van der Waals surface area contributed by atoms with Crippen LogP contribution in [0.4, 0.5) is 0 Å². The molecule has 0 radical (unpaired) electrons. The maximum Gasteiger partial charge on any atom is 0.306 e. The zero-order chi connectivity index (χ0) is 43.3. The summed E-state index contributed by atoms with van der Waals surface area (Å²) in [6.07, 6.45) is 47.0. The van der Waals surface area contributed by atoms with Crippen molar-refractivity contribution in [3.8, 4) is 0 Å². The van der Waals surface area contributed by atoms with Gasteiger partial charge in [-0.1, -0.05) is 138 Å². The number of hydrogen-bond donors (Lipinski definition) is 0. The highest BCUT2D eigenvalue weighted by atomic mass is 31.2. The van der Waals surface area contributed by atoms with E-state index in [2.05, 4.69) is 74.6 Å². The molecule has 0 N–H and O–H groups in total. The lowest BCUT2D eigenvalue weighted by Crippen LogP contribution is -2.37. The Hall–Kier alpha value is -2.59. The standard InChI is InChI=1S/C48H82NO9P/c1-6-8-10-11-12-13-14-15-16-17-21-24-27-30-34-38-47(50)54-42-44(43-56-59(52,53)55-41-40-49(3,4)5)57-48(51)39-35-31-28-25-22-19-18-20-23-26-29-33-37-46-45(58-46)36-32-9-7-2/h9,13-14,19-20,22-23,28-29,31-33,44-46H,6-8,10-12,15-18,21,24-27,30,34-43H2,1-5H3/b14-13-,22-19-,23-20-,31-28-,32-9-,33-29-/t44-,45?,46?/m1/s1. The van der Waals surface area contributed by atoms with E-state index >= 15 is 0 Å². The Bertz CT molecular complexity index is 1300. The Morgan fingerprint density at radius 2 is 1.15 bits per heavy atom. The normalized spacial score (nSPS) is 17.7. The molecule has 0 amide bonds. The number of phosphoric acid groups is 1. The van der Waals surface area contributed by atoms with Gasteiger partial charge in [-0.3, -0.25) is 14.2 Å². The first-order chi connectivity index (χ1) is 28.5. The van der Waals surface area contributed by atoms with Gasteiger partial charge in [0.15, 0.2) is 6.10 Å². The van der Waals surface area contributed by atoms with Crippen LogP contribution < -0.4 is 4.89 Å². The molecule has 0 aromatic rings. The number of esters is 2. The number of phosphoric ester groups is 1. The van der Waals surface area contributed by atoms with Gasteiger partial charge in [-0.2, -0.15) is 0 Å². The van der Waals surface area contributed by atoms with Crippen molar-refractivity contribution >= 4 is 19.8 Å². The van der Waals surface area contributed by atoms with E-state index in [-0.39, 0.29) is 26.1 Å². The minimum absolute atomic E-state index is 0.0504. The number of epoxide rings is 1. The lowest BCUT2D eigenvalue weighted by Gasteiger charge is -2.28. The van der Waals surface area contributed by atoms with Crippen molar-refractivity contribution in [2.45, 2.75) is 173 Å². The smallest absolute Gasteiger partial charge is 0.306 e. The molecule has 1 saturated heterocycles. The first-order valence-corrected chi connectivity index (χ1v) is 24.2. The number of ether oxygens (including phenoxy) is 3. The molecule has 0 spiro atoms. The Balaban J connectivity index is 2.33. The van der Waals surface area contributed by atoms with Gasteiger partial charge in [-0.25, -0.2) is 0 Å². The summed E-state index contributed by atoms with van der Waals surface area (Å²) in [6, 6.07) is 0. The lowest BCUT2D eigenvalue weighted by molar-refractivity contribution is -0.870. The molecule has 3 unspecified atom stereocenters. The Kier molecular flexibility index (Phi) is 33.3. The topological polar surface area (TPSA) is 124 Å². The van der Waals surface area contributed by atoms with Crippen LogP contribution in [0, 0.1) is 0 Å². The summed E-state index contributed by atoms with van der Waals surface area (Å²) in [6.45, 7) is 3.98. The highest BCUT2D eigenvalue weighted by molar-refractivity contribution is 7.45. The lowest BCUT2D eigenvalue weighted by atomic mass is 10.1. The minimum atomic E-state index is -4.65. The maximum absolute atomic E-state index is 12.7. The first kappa shape index (κ1) is 54.4. The number of unbranched alkanes of at least 4 members (excludes halogenated alkanes) is 11. The molecule has 1 heterocycles. The zero-order valence-electron chi connectivity index (χ0n) is 37.6. The fourth-order valence-corrected chi connectivity index (χ4v) is 6.68. The van der Waals surface area contributed by atoms with Crippen LogP contribution in [0.1, 0.15) is 155 Å². The molecule has 1 fully saturated rings. The summed E-state index contributed by atoms with van der Waals surface area (Å²) in [5.74, 6) is -0.947. The summed E-state index contributed by atoms with van der Waals surface area (Å²) in [5, 5.41) is 0. The summed E-state index contributed by atoms with van der Waals surface area (Å²) in [7, 11) is 1.10. The van der Waals surface area contributed by atoms with Gasteiger partial charge in [-0.15, -0.1) is 0 Å². The van der Waals surface area contributed by atoms with Gasteiger partial charge in [0.05, 0.1) is 40.0 Å². The van der Waals surface area contributed by atoms with Crippen LogP contribution in [-0.4, -0.2) is 82.2 Å². The molecule has 1 aliphatic heterocycles. The zero-order valence-corrected chi connectivity index (χ0v) is 38.5. The average molecular weight is 848 g/mol. The molecule has 11 heteroatoms. The second kappa shape index (κ2) is 36.1. The molecule has 4 atom stereocenters. The molecule has 0 aromatic heterocycles. The fourth-order valence-electron chi connectivity index (χ4n) is 5.95. The van der Waals surface area contributed by atoms with E-state index in [0.717, 1.165) is 64.2 Å². The monoisotopic (exact) mass is 848 g/mol. The van der Waals surface area contributed by atoms with Crippen molar-refractivity contribution in [2.24, 2.45) is 0 Å². The number of allylic oxidation sites excluding steroid dienone is 10. The minimum Gasteiger partial charge on any atom is -0.756 e. The van der Waals surface area contributed by atoms with Crippen LogP contribution in [-0.2, 0) is 37.4 Å². The number of carbonyl (C=O) groups excluding carboxylic acids is 2. The molecule has 10 nitrogen and oxygen atoms in total. The number of carbonyl (C=O) groups is 2. The van der Waals surface area contributed by atoms with E-state index in [1.54, 1.807) is 0 Å². The van der Waals surface area contributed by atoms with Gasteiger partial charge in [0, 0.05) is 12.8 Å². The summed E-state index contributed by atoms with van der Waals surface area (Å²) in [5.41, 5.74) is 0. The number of hydrogen-bond acceptors (Lipinski definition) is 9. The Morgan fingerprint density at radius 1 is 0.627 bits per heavy atom. The van der Waals surface area contributed by atoms with E-state index < -0.39 is 32.5 Å². The molecular weight excluding hydrogens is 766 g/mol. The molecule has 1 aliphatic rings. The van der Waals surface area contributed by atoms with Gasteiger partial charge >= 0.3 is 11.9 Å². The van der Waals surface area contributed by atoms with Crippen LogP contribution in [0.5, 0.6) is 0 Å². The number of rotatable bonds is 39. The molecule has 0 aromatic carbocycles. The predicted molar refractivity (Wildman–Crippen MR) is 240 cm³/mol. The average Bonchev–Trinajstić information content (AvgIpc) is 3.94.